The topological polar surface area (TPSA) is 59.3 Å². The summed E-state index contributed by atoms with van der Waals surface area (Å²) in [5, 5.41) is 2.96. The second-order valence-corrected chi connectivity index (χ2v) is 5.89. The summed E-state index contributed by atoms with van der Waals surface area (Å²) in [6, 6.07) is 13.2. The lowest BCUT2D eigenvalue weighted by molar-refractivity contribution is 0.0814. The Morgan fingerprint density at radius 1 is 0.960 bits per heavy atom. The molecular formula is C20H14FNO3. The highest BCUT2D eigenvalue weighted by Gasteiger charge is 2.35. The van der Waals surface area contributed by atoms with Gasteiger partial charge >= 0.3 is 0 Å². The Kier molecular flexibility index (Phi) is 3.50. The van der Waals surface area contributed by atoms with Crippen LogP contribution in [-0.2, 0) is 6.54 Å². The number of carbonyl (C=O) groups excluding carboxylic acids is 2. The minimum absolute atomic E-state index is 0.212. The third-order valence-electron chi connectivity index (χ3n) is 4.41. The van der Waals surface area contributed by atoms with Crippen molar-refractivity contribution in [3.8, 4) is 11.3 Å². The van der Waals surface area contributed by atoms with Crippen molar-refractivity contribution in [2.45, 2.75) is 13.5 Å². The Bertz CT molecular complexity index is 1020. The summed E-state index contributed by atoms with van der Waals surface area (Å²) in [6.07, 6.45) is 0. The quantitative estimate of drug-likeness (QED) is 0.721. The monoisotopic (exact) mass is 335 g/mol. The lowest BCUT2D eigenvalue weighted by Crippen LogP contribution is -2.20. The van der Waals surface area contributed by atoms with Gasteiger partial charge < -0.3 is 9.73 Å². The molecular weight excluding hydrogens is 321 g/mol. The van der Waals surface area contributed by atoms with Crippen LogP contribution in [0.5, 0.6) is 0 Å². The van der Waals surface area contributed by atoms with Crippen LogP contribution in [0.3, 0.4) is 0 Å². The molecule has 0 atom stereocenters. The van der Waals surface area contributed by atoms with Crippen LogP contribution < -0.4 is 5.32 Å². The zero-order chi connectivity index (χ0) is 17.6. The summed E-state index contributed by atoms with van der Waals surface area (Å²) >= 11 is 0. The van der Waals surface area contributed by atoms with Crippen molar-refractivity contribution in [3.05, 3.63) is 76.8 Å². The molecule has 0 saturated carbocycles. The summed E-state index contributed by atoms with van der Waals surface area (Å²) < 4.78 is 19.6. The van der Waals surface area contributed by atoms with Crippen molar-refractivity contribution >= 4 is 17.3 Å². The number of nitrogens with one attached hydrogen (secondary N) is 1. The minimum Gasteiger partial charge on any atom is -0.458 e. The average molecular weight is 335 g/mol. The van der Waals surface area contributed by atoms with Crippen LogP contribution >= 0.6 is 0 Å². The molecule has 25 heavy (non-hydrogen) atoms. The summed E-state index contributed by atoms with van der Waals surface area (Å²) in [5.41, 5.74) is 2.21. The number of hydrogen-bond donors (Lipinski definition) is 1. The second kappa shape index (κ2) is 5.70. The number of rotatable bonds is 3. The van der Waals surface area contributed by atoms with E-state index in [0.29, 0.717) is 39.5 Å². The molecule has 2 aromatic carbocycles. The van der Waals surface area contributed by atoms with E-state index in [1.807, 2.05) is 0 Å². The molecule has 0 radical (unpaired) electrons. The highest BCUT2D eigenvalue weighted by molar-refractivity contribution is 6.53. The number of anilines is 1. The molecule has 0 aliphatic heterocycles. The normalized spacial score (nSPS) is 12.7. The largest absolute Gasteiger partial charge is 0.458 e. The first kappa shape index (κ1) is 15.3. The van der Waals surface area contributed by atoms with Gasteiger partial charge in [0.2, 0.25) is 11.6 Å². The molecule has 0 amide bonds. The van der Waals surface area contributed by atoms with E-state index in [1.165, 1.54) is 6.07 Å². The van der Waals surface area contributed by atoms with E-state index < -0.39 is 11.6 Å². The number of halogens is 1. The fourth-order valence-electron chi connectivity index (χ4n) is 3.09. The number of Topliss-reactive ketones (excluding diaryl/α,β-unsaturated/α-hetero) is 2. The highest BCUT2D eigenvalue weighted by Crippen LogP contribution is 2.38. The summed E-state index contributed by atoms with van der Waals surface area (Å²) in [4.78, 5) is 24.8. The van der Waals surface area contributed by atoms with E-state index >= 15 is 0 Å². The van der Waals surface area contributed by atoms with Crippen molar-refractivity contribution in [1.29, 1.82) is 0 Å². The first-order valence-corrected chi connectivity index (χ1v) is 7.87. The molecule has 4 nitrogen and oxygen atoms in total. The molecule has 1 heterocycles. The molecule has 1 aliphatic carbocycles. The molecule has 5 heteroatoms. The van der Waals surface area contributed by atoms with Crippen LogP contribution in [0.4, 0.5) is 10.1 Å². The first-order valence-electron chi connectivity index (χ1n) is 7.87. The van der Waals surface area contributed by atoms with Crippen molar-refractivity contribution < 1.29 is 18.4 Å². The molecule has 124 valence electrons. The van der Waals surface area contributed by atoms with Crippen molar-refractivity contribution in [2.75, 3.05) is 5.32 Å². The van der Waals surface area contributed by atoms with E-state index in [9.17, 15) is 14.0 Å². The van der Waals surface area contributed by atoms with E-state index in [0.717, 1.165) is 0 Å². The fourth-order valence-corrected chi connectivity index (χ4v) is 3.09. The number of furan rings is 1. The van der Waals surface area contributed by atoms with Gasteiger partial charge in [-0.15, -0.1) is 0 Å². The van der Waals surface area contributed by atoms with E-state index in [2.05, 4.69) is 5.32 Å². The van der Waals surface area contributed by atoms with Crippen molar-refractivity contribution in [3.63, 3.8) is 0 Å². The fraction of sp³-hybridized carbons (Fsp3) is 0.100. The van der Waals surface area contributed by atoms with E-state index in [-0.39, 0.29) is 12.4 Å². The molecule has 1 N–H and O–H groups in total. The first-order chi connectivity index (χ1) is 12.1. The maximum absolute atomic E-state index is 13.7. The van der Waals surface area contributed by atoms with Gasteiger partial charge in [0.05, 0.1) is 17.8 Å². The standard InChI is InChI=1S/C20H14FNO3/c1-11-16(10-22-15-9-5-4-8-14(15)21)25-20-13-7-3-2-6-12(13)18(23)19(24)17(11)20/h2-9,22H,10H2,1H3. The number of fused-ring (bicyclic) bond motifs is 3. The Hall–Kier alpha value is -3.21. The van der Waals surface area contributed by atoms with Gasteiger partial charge in [0.25, 0.3) is 0 Å². The predicted octanol–water partition coefficient (Wildman–Crippen LogP) is 4.39. The Morgan fingerprint density at radius 3 is 2.40 bits per heavy atom. The Labute approximate surface area is 143 Å². The number of benzene rings is 2. The van der Waals surface area contributed by atoms with Crippen LogP contribution in [0.15, 0.2) is 52.9 Å². The van der Waals surface area contributed by atoms with Gasteiger partial charge in [-0.25, -0.2) is 4.39 Å². The van der Waals surface area contributed by atoms with Gasteiger partial charge in [0.15, 0.2) is 0 Å². The maximum Gasteiger partial charge on any atom is 0.237 e. The summed E-state index contributed by atoms with van der Waals surface area (Å²) in [7, 11) is 0. The molecule has 3 aromatic rings. The predicted molar refractivity (Wildman–Crippen MR) is 91.3 cm³/mol. The van der Waals surface area contributed by atoms with Gasteiger partial charge in [-0.05, 0) is 19.1 Å². The Balaban J connectivity index is 1.74. The van der Waals surface area contributed by atoms with Crippen LogP contribution in [0, 0.1) is 12.7 Å². The average Bonchev–Trinajstić information content (AvgIpc) is 2.96. The van der Waals surface area contributed by atoms with Gasteiger partial charge in [-0.1, -0.05) is 36.4 Å². The second-order valence-electron chi connectivity index (χ2n) is 5.89. The third-order valence-corrected chi connectivity index (χ3v) is 4.41. The lowest BCUT2D eigenvalue weighted by Gasteiger charge is -2.12. The van der Waals surface area contributed by atoms with Crippen LogP contribution in [-0.4, -0.2) is 11.6 Å². The third kappa shape index (κ3) is 2.36. The zero-order valence-electron chi connectivity index (χ0n) is 13.4. The maximum atomic E-state index is 13.7. The molecule has 4 rings (SSSR count). The van der Waals surface area contributed by atoms with Crippen molar-refractivity contribution in [1.82, 2.24) is 0 Å². The molecule has 0 spiro atoms. The lowest BCUT2D eigenvalue weighted by atomic mass is 9.87. The molecule has 0 fully saturated rings. The van der Waals surface area contributed by atoms with Gasteiger partial charge in [-0.3, -0.25) is 9.59 Å². The van der Waals surface area contributed by atoms with Gasteiger partial charge in [0.1, 0.15) is 17.3 Å². The zero-order valence-corrected chi connectivity index (χ0v) is 13.4. The minimum atomic E-state index is -0.563. The Morgan fingerprint density at radius 2 is 1.64 bits per heavy atom. The van der Waals surface area contributed by atoms with Gasteiger partial charge in [-0.2, -0.15) is 0 Å². The highest BCUT2D eigenvalue weighted by atomic mass is 19.1. The smallest absolute Gasteiger partial charge is 0.237 e. The van der Waals surface area contributed by atoms with Gasteiger partial charge in [0, 0.05) is 16.7 Å². The molecule has 0 bridgehead atoms. The number of carbonyl (C=O) groups is 2. The number of hydrogen-bond acceptors (Lipinski definition) is 4. The van der Waals surface area contributed by atoms with Crippen molar-refractivity contribution in [2.24, 2.45) is 0 Å². The van der Waals surface area contributed by atoms with E-state index in [4.69, 9.17) is 4.42 Å². The number of ketones is 2. The molecule has 1 aromatic heterocycles. The number of para-hydroxylation sites is 1. The van der Waals surface area contributed by atoms with Crippen LogP contribution in [0.2, 0.25) is 0 Å². The molecule has 0 unspecified atom stereocenters. The SMILES string of the molecule is Cc1c(CNc2ccccc2F)oc2c1C(=O)C(=O)c1ccccc1-2. The van der Waals surface area contributed by atoms with Crippen LogP contribution in [0.1, 0.15) is 32.0 Å². The molecule has 0 saturated heterocycles. The molecule has 1 aliphatic rings. The summed E-state index contributed by atoms with van der Waals surface area (Å²) in [5.74, 6) is -0.546. The summed E-state index contributed by atoms with van der Waals surface area (Å²) in [6.45, 7) is 1.95. The van der Waals surface area contributed by atoms with Crippen LogP contribution in [0.25, 0.3) is 11.3 Å². The van der Waals surface area contributed by atoms with E-state index in [1.54, 1.807) is 49.4 Å².